The molecule has 0 saturated carbocycles. The summed E-state index contributed by atoms with van der Waals surface area (Å²) < 4.78 is 42.8. The third-order valence-electron chi connectivity index (χ3n) is 5.03. The Balaban J connectivity index is 1.68. The molecule has 0 saturated heterocycles. The molecule has 1 unspecified atom stereocenters. The Hall–Kier alpha value is -5.04. The van der Waals surface area contributed by atoms with E-state index in [1.807, 2.05) is 12.1 Å². The predicted octanol–water partition coefficient (Wildman–Crippen LogP) is 3.48. The van der Waals surface area contributed by atoms with Crippen molar-refractivity contribution in [2.75, 3.05) is 5.32 Å². The van der Waals surface area contributed by atoms with Crippen molar-refractivity contribution in [3.63, 3.8) is 0 Å². The number of alkyl halides is 3. The topological polar surface area (TPSA) is 138 Å². The fraction of sp³-hybridized carbons (Fsp3) is 0.136. The van der Waals surface area contributed by atoms with E-state index in [0.717, 1.165) is 11.0 Å². The Labute approximate surface area is 195 Å². The molecule has 10 nitrogen and oxygen atoms in total. The Bertz CT molecular complexity index is 1480. The number of hydrogen-bond acceptors (Lipinski definition) is 7. The highest BCUT2D eigenvalue weighted by Gasteiger charge is 2.41. The van der Waals surface area contributed by atoms with Gasteiger partial charge in [-0.1, -0.05) is 12.1 Å². The molecule has 0 aliphatic rings. The number of nitrogens with one attached hydrogen (secondary N) is 1. The van der Waals surface area contributed by atoms with Crippen LogP contribution in [0.2, 0.25) is 0 Å². The number of nitrogens with zero attached hydrogens (tertiary/aromatic N) is 8. The van der Waals surface area contributed by atoms with Crippen LogP contribution in [0.25, 0.3) is 5.82 Å². The molecule has 0 aliphatic heterocycles. The molecule has 4 aromatic rings. The first-order valence-corrected chi connectivity index (χ1v) is 9.96. The summed E-state index contributed by atoms with van der Waals surface area (Å²) in [6.07, 6.45) is -0.149. The molecule has 0 bridgehead atoms. The second-order valence-electron chi connectivity index (χ2n) is 7.24. The summed E-state index contributed by atoms with van der Waals surface area (Å²) in [6.45, 7) is 1.48. The first-order chi connectivity index (χ1) is 16.7. The van der Waals surface area contributed by atoms with Crippen molar-refractivity contribution in [2.45, 2.75) is 19.1 Å². The van der Waals surface area contributed by atoms with Crippen LogP contribution in [0, 0.1) is 22.7 Å². The molecule has 1 amide bonds. The molecule has 0 radical (unpaired) electrons. The number of carbonyl (C=O) groups excluding carboxylic acids is 1. The van der Waals surface area contributed by atoms with Crippen molar-refractivity contribution in [3.8, 4) is 18.0 Å². The minimum Gasteiger partial charge on any atom is -0.320 e. The number of pyridine rings is 1. The van der Waals surface area contributed by atoms with E-state index < -0.39 is 29.4 Å². The van der Waals surface area contributed by atoms with Crippen molar-refractivity contribution >= 4 is 11.6 Å². The zero-order valence-electron chi connectivity index (χ0n) is 17.9. The first-order valence-electron chi connectivity index (χ1n) is 9.96. The number of anilines is 1. The first kappa shape index (κ1) is 23.1. The number of carbonyl (C=O) groups is 1. The number of rotatable bonds is 5. The summed E-state index contributed by atoms with van der Waals surface area (Å²) in [5, 5.41) is 32.4. The van der Waals surface area contributed by atoms with Gasteiger partial charge in [0.2, 0.25) is 0 Å². The number of halogens is 3. The van der Waals surface area contributed by atoms with E-state index in [1.54, 1.807) is 12.1 Å². The van der Waals surface area contributed by atoms with Gasteiger partial charge in [0.1, 0.15) is 11.6 Å². The highest BCUT2D eigenvalue weighted by atomic mass is 19.4. The maximum Gasteiger partial charge on any atom is 0.433 e. The number of amides is 1. The molecular formula is C22H14F3N9O. The van der Waals surface area contributed by atoms with E-state index in [4.69, 9.17) is 5.26 Å². The van der Waals surface area contributed by atoms with Crippen LogP contribution in [-0.4, -0.2) is 35.7 Å². The molecule has 3 aromatic heterocycles. The molecule has 4 rings (SSSR count). The number of hydrogen-bond donors (Lipinski definition) is 1. The van der Waals surface area contributed by atoms with Gasteiger partial charge in [-0.3, -0.25) is 9.48 Å². The van der Waals surface area contributed by atoms with E-state index in [1.165, 1.54) is 43.7 Å². The number of aromatic nitrogens is 6. The number of benzene rings is 1. The summed E-state index contributed by atoms with van der Waals surface area (Å²) in [6, 6.07) is 10.3. The van der Waals surface area contributed by atoms with Gasteiger partial charge in [0.25, 0.3) is 5.91 Å². The molecule has 0 spiro atoms. The minimum absolute atomic E-state index is 0.00176. The second kappa shape index (κ2) is 9.07. The maximum absolute atomic E-state index is 14.0. The summed E-state index contributed by atoms with van der Waals surface area (Å²) in [4.78, 5) is 17.9. The smallest absolute Gasteiger partial charge is 0.320 e. The quantitative estimate of drug-likeness (QED) is 0.464. The van der Waals surface area contributed by atoms with Gasteiger partial charge < -0.3 is 5.32 Å². The normalized spacial score (nSPS) is 11.9. The van der Waals surface area contributed by atoms with Crippen molar-refractivity contribution in [1.82, 2.24) is 29.8 Å². The van der Waals surface area contributed by atoms with Crippen LogP contribution in [0.5, 0.6) is 0 Å². The summed E-state index contributed by atoms with van der Waals surface area (Å²) in [5.74, 6) is -0.995. The zero-order valence-corrected chi connectivity index (χ0v) is 17.9. The largest absolute Gasteiger partial charge is 0.433 e. The lowest BCUT2D eigenvalue weighted by molar-refractivity contribution is -0.144. The van der Waals surface area contributed by atoms with Crippen LogP contribution in [0.3, 0.4) is 0 Å². The van der Waals surface area contributed by atoms with Crippen LogP contribution in [0.4, 0.5) is 18.9 Å². The van der Waals surface area contributed by atoms with Gasteiger partial charge in [0, 0.05) is 0 Å². The van der Waals surface area contributed by atoms with Crippen molar-refractivity contribution in [1.29, 1.82) is 10.5 Å². The van der Waals surface area contributed by atoms with Gasteiger partial charge >= 0.3 is 6.18 Å². The predicted molar refractivity (Wildman–Crippen MR) is 114 cm³/mol. The third kappa shape index (κ3) is 4.56. The average molecular weight is 477 g/mol. The van der Waals surface area contributed by atoms with E-state index in [9.17, 15) is 23.2 Å². The molecule has 3 heterocycles. The van der Waals surface area contributed by atoms with Gasteiger partial charge in [-0.05, 0) is 30.7 Å². The van der Waals surface area contributed by atoms with Gasteiger partial charge in [0.05, 0.1) is 53.7 Å². The average Bonchev–Trinajstić information content (AvgIpc) is 3.54. The lowest BCUT2D eigenvalue weighted by Crippen LogP contribution is -2.23. The summed E-state index contributed by atoms with van der Waals surface area (Å²) >= 11 is 0. The maximum atomic E-state index is 14.0. The fourth-order valence-electron chi connectivity index (χ4n) is 3.41. The molecule has 0 fully saturated rings. The Morgan fingerprint density at radius 1 is 1.09 bits per heavy atom. The van der Waals surface area contributed by atoms with Crippen LogP contribution in [-0.2, 0) is 6.18 Å². The van der Waals surface area contributed by atoms with E-state index >= 15 is 0 Å². The molecule has 1 aromatic carbocycles. The summed E-state index contributed by atoms with van der Waals surface area (Å²) in [5.41, 5.74) is -1.28. The zero-order chi connectivity index (χ0) is 25.2. The van der Waals surface area contributed by atoms with Gasteiger partial charge in [-0.25, -0.2) is 4.98 Å². The van der Waals surface area contributed by atoms with Gasteiger partial charge in [-0.15, -0.1) is 4.80 Å². The van der Waals surface area contributed by atoms with Crippen molar-refractivity contribution in [3.05, 3.63) is 83.1 Å². The van der Waals surface area contributed by atoms with Crippen LogP contribution >= 0.6 is 0 Å². The Morgan fingerprint density at radius 2 is 1.83 bits per heavy atom. The Kier molecular flexibility index (Phi) is 5.99. The molecule has 35 heavy (non-hydrogen) atoms. The minimum atomic E-state index is -4.91. The highest BCUT2D eigenvalue weighted by Crippen LogP contribution is 2.35. The van der Waals surface area contributed by atoms with Crippen LogP contribution < -0.4 is 5.32 Å². The third-order valence-corrected chi connectivity index (χ3v) is 5.03. The molecular weight excluding hydrogens is 463 g/mol. The molecule has 1 N–H and O–H groups in total. The van der Waals surface area contributed by atoms with E-state index in [2.05, 4.69) is 25.6 Å². The second-order valence-corrected chi connectivity index (χ2v) is 7.24. The van der Waals surface area contributed by atoms with Gasteiger partial charge in [0.15, 0.2) is 11.5 Å². The van der Waals surface area contributed by atoms with Crippen molar-refractivity contribution in [2.24, 2.45) is 0 Å². The number of nitriles is 2. The Morgan fingerprint density at radius 3 is 2.49 bits per heavy atom. The molecule has 0 aliphatic carbocycles. The lowest BCUT2D eigenvalue weighted by atomic mass is 10.1. The van der Waals surface area contributed by atoms with Crippen LogP contribution in [0.15, 0.2) is 55.1 Å². The highest BCUT2D eigenvalue weighted by molar-refractivity contribution is 6.05. The van der Waals surface area contributed by atoms with E-state index in [-0.39, 0.29) is 22.6 Å². The molecule has 174 valence electrons. The van der Waals surface area contributed by atoms with Crippen LogP contribution in [0.1, 0.15) is 45.7 Å². The molecule has 1 atom stereocenters. The van der Waals surface area contributed by atoms with Gasteiger partial charge in [-0.2, -0.15) is 39.0 Å². The fourth-order valence-corrected chi connectivity index (χ4v) is 3.41. The monoisotopic (exact) mass is 477 g/mol. The SMILES string of the molecule is CC(c1cccc(C#N)c1)n1ncc(C(=O)Nc2cnc(-n3nccn3)c(C#N)c2)c1C(F)(F)F. The standard InChI is InChI=1S/C22H14F3N9O/c1-13(15-4-2-3-14(7-15)9-26)33-19(22(23,24)25)18(12-31-33)21(35)32-17-8-16(10-27)20(28-11-17)34-29-5-6-30-34/h2-8,11-13H,1H3,(H,32,35). The van der Waals surface area contributed by atoms with Crippen molar-refractivity contribution < 1.29 is 18.0 Å². The van der Waals surface area contributed by atoms with E-state index in [0.29, 0.717) is 10.2 Å². The lowest BCUT2D eigenvalue weighted by Gasteiger charge is -2.19. The summed E-state index contributed by atoms with van der Waals surface area (Å²) in [7, 11) is 0. The molecule has 13 heteroatoms.